The minimum Gasteiger partial charge on any atom is -0.275 e. The maximum Gasteiger partial charge on any atom is 0.335 e. The Morgan fingerprint density at radius 1 is 1.04 bits per heavy atom. The van der Waals surface area contributed by atoms with Crippen LogP contribution in [0, 0.1) is 17.8 Å². The largest absolute Gasteiger partial charge is 0.335 e. The fourth-order valence-electron chi connectivity index (χ4n) is 6.14. The van der Waals surface area contributed by atoms with Crippen LogP contribution < -0.4 is 0 Å². The third-order valence-electron chi connectivity index (χ3n) is 6.63. The summed E-state index contributed by atoms with van der Waals surface area (Å²) in [5, 5.41) is 4.07. The summed E-state index contributed by atoms with van der Waals surface area (Å²) in [6.45, 7) is 0.111. The van der Waals surface area contributed by atoms with Crippen molar-refractivity contribution >= 4 is 17.8 Å². The van der Waals surface area contributed by atoms with E-state index in [2.05, 4.69) is 5.10 Å². The molecule has 6 rings (SSSR count). The van der Waals surface area contributed by atoms with Crippen LogP contribution in [0.25, 0.3) is 0 Å². The summed E-state index contributed by atoms with van der Waals surface area (Å²) in [7, 11) is 1.78. The SMILES string of the molecule is Cn1cc(CN2C(=O)C(=O)N(C34CC5CC(CC(C5)C3)C4)C2=O)cn1. The van der Waals surface area contributed by atoms with E-state index in [4.69, 9.17) is 0 Å². The van der Waals surface area contributed by atoms with E-state index in [-0.39, 0.29) is 6.54 Å². The topological polar surface area (TPSA) is 75.5 Å². The maximum absolute atomic E-state index is 13.0. The number of hydrogen-bond acceptors (Lipinski definition) is 4. The van der Waals surface area contributed by atoms with Crippen LogP contribution in [0.5, 0.6) is 0 Å². The lowest BCUT2D eigenvalue weighted by Gasteiger charge is -2.58. The first-order chi connectivity index (χ1) is 11.9. The summed E-state index contributed by atoms with van der Waals surface area (Å²) in [5.74, 6) is 0.499. The number of nitrogens with zero attached hydrogens (tertiary/aromatic N) is 4. The molecule has 5 aliphatic rings. The van der Waals surface area contributed by atoms with E-state index >= 15 is 0 Å². The van der Waals surface area contributed by atoms with Crippen LogP contribution >= 0.6 is 0 Å². The van der Waals surface area contributed by atoms with Crippen molar-refractivity contribution in [1.82, 2.24) is 19.6 Å². The molecule has 0 atom stereocenters. The standard InChI is InChI=1S/C18H22N4O3/c1-20-9-14(8-19-20)10-21-15(23)16(24)22(17(21)25)18-5-11-2-12(6-18)4-13(3-11)7-18/h8-9,11-13H,2-7,10H2,1H3. The van der Waals surface area contributed by atoms with Crippen LogP contribution in [0.1, 0.15) is 44.1 Å². The van der Waals surface area contributed by atoms with Gasteiger partial charge in [-0.2, -0.15) is 5.10 Å². The Balaban J connectivity index is 1.45. The van der Waals surface area contributed by atoms with E-state index in [1.54, 1.807) is 24.1 Å². The molecule has 1 aromatic heterocycles. The molecule has 4 saturated carbocycles. The van der Waals surface area contributed by atoms with Gasteiger partial charge in [0.1, 0.15) is 0 Å². The Bertz CT molecular complexity index is 748. The minimum absolute atomic E-state index is 0.111. The average Bonchev–Trinajstić information content (AvgIpc) is 3.03. The molecule has 4 amide bonds. The number of rotatable bonds is 3. The second-order valence-electron chi connectivity index (χ2n) is 8.48. The highest BCUT2D eigenvalue weighted by Gasteiger charge is 2.60. The smallest absolute Gasteiger partial charge is 0.275 e. The number of amides is 4. The van der Waals surface area contributed by atoms with E-state index in [0.29, 0.717) is 17.8 Å². The van der Waals surface area contributed by atoms with Gasteiger partial charge >= 0.3 is 17.8 Å². The number of carbonyl (C=O) groups is 3. The van der Waals surface area contributed by atoms with Gasteiger partial charge in [0.2, 0.25) is 0 Å². The van der Waals surface area contributed by atoms with Gasteiger partial charge in [0.15, 0.2) is 0 Å². The molecule has 4 bridgehead atoms. The van der Waals surface area contributed by atoms with Crippen LogP contribution in [-0.4, -0.2) is 43.0 Å². The van der Waals surface area contributed by atoms with E-state index in [0.717, 1.165) is 29.7 Å². The Kier molecular flexibility index (Phi) is 2.98. The first-order valence-corrected chi connectivity index (χ1v) is 9.13. The first kappa shape index (κ1) is 15.1. The quantitative estimate of drug-likeness (QED) is 0.619. The molecule has 4 aliphatic carbocycles. The molecule has 0 unspecified atom stereocenters. The zero-order valence-corrected chi connectivity index (χ0v) is 14.4. The monoisotopic (exact) mass is 342 g/mol. The van der Waals surface area contributed by atoms with Crippen molar-refractivity contribution in [3.63, 3.8) is 0 Å². The van der Waals surface area contributed by atoms with Gasteiger partial charge in [0.05, 0.1) is 18.3 Å². The molecule has 7 nitrogen and oxygen atoms in total. The molecule has 132 valence electrons. The highest BCUT2D eigenvalue weighted by molar-refractivity contribution is 6.44. The van der Waals surface area contributed by atoms with Crippen molar-refractivity contribution < 1.29 is 14.4 Å². The van der Waals surface area contributed by atoms with Crippen molar-refractivity contribution in [2.45, 2.75) is 50.6 Å². The summed E-state index contributed by atoms with van der Waals surface area (Å²) >= 11 is 0. The van der Waals surface area contributed by atoms with E-state index < -0.39 is 23.4 Å². The number of hydrogen-bond donors (Lipinski definition) is 0. The summed E-state index contributed by atoms with van der Waals surface area (Å²) in [4.78, 5) is 40.7. The molecule has 0 N–H and O–H groups in total. The van der Waals surface area contributed by atoms with Gasteiger partial charge in [-0.1, -0.05) is 0 Å². The van der Waals surface area contributed by atoms with Crippen LogP contribution in [-0.2, 0) is 23.2 Å². The summed E-state index contributed by atoms with van der Waals surface area (Å²) in [6, 6.07) is -0.430. The minimum atomic E-state index is -0.690. The van der Waals surface area contributed by atoms with Gasteiger partial charge in [-0.3, -0.25) is 19.2 Å². The molecular formula is C18H22N4O3. The molecule has 7 heteroatoms. The molecule has 0 spiro atoms. The van der Waals surface area contributed by atoms with Crippen molar-refractivity contribution in [3.05, 3.63) is 18.0 Å². The van der Waals surface area contributed by atoms with Crippen molar-refractivity contribution in [2.75, 3.05) is 0 Å². The first-order valence-electron chi connectivity index (χ1n) is 9.13. The number of aryl methyl sites for hydroxylation is 1. The zero-order valence-electron chi connectivity index (χ0n) is 14.4. The summed E-state index contributed by atoms with van der Waals surface area (Å²) in [6.07, 6.45) is 9.70. The highest BCUT2D eigenvalue weighted by atomic mass is 16.2. The lowest BCUT2D eigenvalue weighted by atomic mass is 9.52. The Labute approximate surface area is 145 Å². The van der Waals surface area contributed by atoms with Gasteiger partial charge in [0.25, 0.3) is 0 Å². The maximum atomic E-state index is 13.0. The van der Waals surface area contributed by atoms with Crippen LogP contribution in [0.4, 0.5) is 4.79 Å². The number of aromatic nitrogens is 2. The zero-order chi connectivity index (χ0) is 17.3. The molecule has 0 radical (unpaired) electrons. The van der Waals surface area contributed by atoms with Crippen LogP contribution in [0.2, 0.25) is 0 Å². The van der Waals surface area contributed by atoms with Gasteiger partial charge in [0, 0.05) is 18.8 Å². The summed E-state index contributed by atoms with van der Waals surface area (Å²) in [5.41, 5.74) is 0.340. The van der Waals surface area contributed by atoms with Gasteiger partial charge in [-0.25, -0.2) is 9.69 Å². The Morgan fingerprint density at radius 3 is 2.16 bits per heavy atom. The molecule has 2 heterocycles. The normalized spacial score (nSPS) is 36.8. The third kappa shape index (κ3) is 2.10. The van der Waals surface area contributed by atoms with E-state index in [9.17, 15) is 14.4 Å². The second-order valence-corrected chi connectivity index (χ2v) is 8.48. The molecule has 0 aromatic carbocycles. The average molecular weight is 342 g/mol. The van der Waals surface area contributed by atoms with Crippen LogP contribution in [0.3, 0.4) is 0 Å². The van der Waals surface area contributed by atoms with E-state index in [1.807, 2.05) is 0 Å². The Morgan fingerprint density at radius 2 is 1.64 bits per heavy atom. The fourth-order valence-corrected chi connectivity index (χ4v) is 6.14. The van der Waals surface area contributed by atoms with Crippen molar-refractivity contribution in [3.8, 4) is 0 Å². The molecule has 5 fully saturated rings. The molecule has 25 heavy (non-hydrogen) atoms. The lowest BCUT2D eigenvalue weighted by Crippen LogP contribution is -2.61. The number of urea groups is 1. The summed E-state index contributed by atoms with van der Waals surface area (Å²) < 4.78 is 1.62. The van der Waals surface area contributed by atoms with E-state index in [1.165, 1.54) is 24.2 Å². The molecule has 1 aliphatic heterocycles. The van der Waals surface area contributed by atoms with Crippen molar-refractivity contribution in [2.24, 2.45) is 24.8 Å². The third-order valence-corrected chi connectivity index (χ3v) is 6.63. The predicted octanol–water partition coefficient (Wildman–Crippen LogP) is 1.68. The fraction of sp³-hybridized carbons (Fsp3) is 0.667. The Hall–Kier alpha value is -2.18. The molecular weight excluding hydrogens is 320 g/mol. The van der Waals surface area contributed by atoms with Crippen LogP contribution in [0.15, 0.2) is 12.4 Å². The second kappa shape index (κ2) is 4.93. The number of imide groups is 2. The van der Waals surface area contributed by atoms with Gasteiger partial charge in [-0.15, -0.1) is 0 Å². The molecule has 1 aromatic rings. The highest BCUT2D eigenvalue weighted by Crippen LogP contribution is 2.58. The number of carbonyl (C=O) groups excluding carboxylic acids is 3. The lowest BCUT2D eigenvalue weighted by molar-refractivity contribution is -0.150. The van der Waals surface area contributed by atoms with Gasteiger partial charge < -0.3 is 0 Å². The molecule has 1 saturated heterocycles. The predicted molar refractivity (Wildman–Crippen MR) is 86.9 cm³/mol. The van der Waals surface area contributed by atoms with Gasteiger partial charge in [-0.05, 0) is 56.3 Å². The van der Waals surface area contributed by atoms with Crippen molar-refractivity contribution in [1.29, 1.82) is 0 Å².